The van der Waals surface area contributed by atoms with Gasteiger partial charge in [0.25, 0.3) is 0 Å². The van der Waals surface area contributed by atoms with Crippen LogP contribution in [0.4, 0.5) is 8.78 Å². The average molecular weight is 275 g/mol. The zero-order valence-electron chi connectivity index (χ0n) is 11.1. The lowest BCUT2D eigenvalue weighted by Crippen LogP contribution is -2.24. The molecular weight excluding hydrogens is 260 g/mol. The van der Waals surface area contributed by atoms with Crippen molar-refractivity contribution < 1.29 is 13.5 Å². The summed E-state index contributed by atoms with van der Waals surface area (Å²) >= 11 is 0. The van der Waals surface area contributed by atoms with Crippen molar-refractivity contribution in [1.82, 2.24) is 0 Å². The number of fused-ring (bicyclic) bond motifs is 1. The predicted molar refractivity (Wildman–Crippen MR) is 72.5 cm³/mol. The van der Waals surface area contributed by atoms with Crippen molar-refractivity contribution in [3.63, 3.8) is 0 Å². The molecule has 2 atom stereocenters. The van der Waals surface area contributed by atoms with E-state index in [9.17, 15) is 8.78 Å². The first-order chi connectivity index (χ1) is 9.54. The van der Waals surface area contributed by atoms with Crippen LogP contribution >= 0.6 is 0 Å². The summed E-state index contributed by atoms with van der Waals surface area (Å²) in [6.07, 6.45) is 0.193. The van der Waals surface area contributed by atoms with Crippen LogP contribution in [0.3, 0.4) is 0 Å². The normalized spacial score (nSPS) is 21.2. The highest BCUT2D eigenvalue weighted by molar-refractivity contribution is 5.40. The molecule has 2 aromatic carbocycles. The lowest BCUT2D eigenvalue weighted by molar-refractivity contribution is 0.159. The number of ether oxygens (including phenoxy) is 1. The number of hydrogen-bond donors (Lipinski definition) is 1. The molecule has 3 rings (SSSR count). The highest BCUT2D eigenvalue weighted by Crippen LogP contribution is 2.40. The van der Waals surface area contributed by atoms with Gasteiger partial charge in [-0.15, -0.1) is 0 Å². The SMILES string of the molecule is Cc1ccc(F)cc1C1CC(N)c2ccc(F)cc2O1. The van der Waals surface area contributed by atoms with E-state index in [2.05, 4.69) is 0 Å². The van der Waals surface area contributed by atoms with Gasteiger partial charge in [0.05, 0.1) is 0 Å². The summed E-state index contributed by atoms with van der Waals surface area (Å²) in [4.78, 5) is 0. The molecule has 0 spiro atoms. The standard InChI is InChI=1S/C16H15F2NO/c1-9-2-3-10(17)6-13(9)16-8-14(19)12-5-4-11(18)7-15(12)20-16/h2-7,14,16H,8,19H2,1H3. The largest absolute Gasteiger partial charge is 0.485 e. The van der Waals surface area contributed by atoms with E-state index in [0.29, 0.717) is 12.2 Å². The number of rotatable bonds is 1. The van der Waals surface area contributed by atoms with Gasteiger partial charge in [0, 0.05) is 24.1 Å². The summed E-state index contributed by atoms with van der Waals surface area (Å²) in [7, 11) is 0. The molecule has 1 aliphatic heterocycles. The van der Waals surface area contributed by atoms with Crippen LogP contribution in [0.5, 0.6) is 5.75 Å². The topological polar surface area (TPSA) is 35.2 Å². The highest BCUT2D eigenvalue weighted by atomic mass is 19.1. The first kappa shape index (κ1) is 13.1. The number of nitrogens with two attached hydrogens (primary N) is 1. The lowest BCUT2D eigenvalue weighted by Gasteiger charge is -2.31. The van der Waals surface area contributed by atoms with Crippen LogP contribution in [0.25, 0.3) is 0 Å². The summed E-state index contributed by atoms with van der Waals surface area (Å²) in [5.41, 5.74) is 8.60. The van der Waals surface area contributed by atoms with Crippen molar-refractivity contribution >= 4 is 0 Å². The molecule has 0 aromatic heterocycles. The fraction of sp³-hybridized carbons (Fsp3) is 0.250. The maximum atomic E-state index is 13.4. The van der Waals surface area contributed by atoms with Crippen LogP contribution in [0.15, 0.2) is 36.4 Å². The minimum atomic E-state index is -0.368. The van der Waals surface area contributed by atoms with Gasteiger partial charge in [0.1, 0.15) is 23.5 Å². The molecule has 1 heterocycles. The summed E-state index contributed by atoms with van der Waals surface area (Å²) < 4.78 is 32.5. The smallest absolute Gasteiger partial charge is 0.127 e. The van der Waals surface area contributed by atoms with Crippen molar-refractivity contribution in [3.05, 3.63) is 64.7 Å². The van der Waals surface area contributed by atoms with E-state index in [1.54, 1.807) is 12.1 Å². The number of benzene rings is 2. The van der Waals surface area contributed by atoms with E-state index in [1.165, 1.54) is 24.3 Å². The number of halogens is 2. The minimum absolute atomic E-state index is 0.244. The fourth-order valence-electron chi connectivity index (χ4n) is 2.62. The van der Waals surface area contributed by atoms with E-state index in [1.807, 2.05) is 6.92 Å². The second-order valence-electron chi connectivity index (χ2n) is 5.13. The van der Waals surface area contributed by atoms with Crippen molar-refractivity contribution in [2.24, 2.45) is 5.73 Å². The molecule has 2 N–H and O–H groups in total. The number of aryl methyl sites for hydroxylation is 1. The second kappa shape index (κ2) is 4.87. The molecule has 0 radical (unpaired) electrons. The molecule has 104 valence electrons. The minimum Gasteiger partial charge on any atom is -0.485 e. The molecule has 20 heavy (non-hydrogen) atoms. The summed E-state index contributed by atoms with van der Waals surface area (Å²) in [5.74, 6) is -0.238. The summed E-state index contributed by atoms with van der Waals surface area (Å²) in [5, 5.41) is 0. The first-order valence-corrected chi connectivity index (χ1v) is 6.52. The van der Waals surface area contributed by atoms with Crippen molar-refractivity contribution in [3.8, 4) is 5.75 Å². The van der Waals surface area contributed by atoms with Gasteiger partial charge >= 0.3 is 0 Å². The first-order valence-electron chi connectivity index (χ1n) is 6.52. The number of hydrogen-bond acceptors (Lipinski definition) is 2. The van der Waals surface area contributed by atoms with Crippen molar-refractivity contribution in [2.45, 2.75) is 25.5 Å². The monoisotopic (exact) mass is 275 g/mol. The molecule has 0 saturated carbocycles. The van der Waals surface area contributed by atoms with Crippen LogP contribution < -0.4 is 10.5 Å². The molecule has 2 nitrogen and oxygen atoms in total. The summed E-state index contributed by atoms with van der Waals surface area (Å²) in [6, 6.07) is 8.68. The molecule has 0 bridgehead atoms. The Morgan fingerprint density at radius 3 is 2.55 bits per heavy atom. The molecular formula is C16H15F2NO. The maximum absolute atomic E-state index is 13.4. The Labute approximate surface area is 116 Å². The molecule has 2 aromatic rings. The highest BCUT2D eigenvalue weighted by Gasteiger charge is 2.28. The molecule has 0 saturated heterocycles. The van der Waals surface area contributed by atoms with E-state index >= 15 is 0 Å². The van der Waals surface area contributed by atoms with Gasteiger partial charge in [-0.3, -0.25) is 0 Å². The van der Waals surface area contributed by atoms with Gasteiger partial charge in [-0.05, 0) is 36.2 Å². The molecule has 0 aliphatic carbocycles. The zero-order valence-corrected chi connectivity index (χ0v) is 11.1. The molecule has 2 unspecified atom stereocenters. The van der Waals surface area contributed by atoms with Gasteiger partial charge in [-0.1, -0.05) is 12.1 Å². The van der Waals surface area contributed by atoms with Gasteiger partial charge in [-0.25, -0.2) is 8.78 Å². The fourth-order valence-corrected chi connectivity index (χ4v) is 2.62. The van der Waals surface area contributed by atoms with Gasteiger partial charge in [0.2, 0.25) is 0 Å². The van der Waals surface area contributed by atoms with Gasteiger partial charge in [0.15, 0.2) is 0 Å². The zero-order chi connectivity index (χ0) is 14.3. The van der Waals surface area contributed by atoms with Gasteiger partial charge < -0.3 is 10.5 Å². The van der Waals surface area contributed by atoms with Crippen LogP contribution in [-0.2, 0) is 0 Å². The second-order valence-corrected chi connectivity index (χ2v) is 5.13. The third kappa shape index (κ3) is 2.27. The molecule has 0 amide bonds. The molecule has 1 aliphatic rings. The summed E-state index contributed by atoms with van der Waals surface area (Å²) in [6.45, 7) is 1.89. The Kier molecular flexibility index (Phi) is 3.18. The van der Waals surface area contributed by atoms with E-state index in [4.69, 9.17) is 10.5 Å². The Balaban J connectivity index is 2.00. The lowest BCUT2D eigenvalue weighted by atomic mass is 9.91. The average Bonchev–Trinajstić information content (AvgIpc) is 2.41. The predicted octanol–water partition coefficient (Wildman–Crippen LogP) is 3.80. The van der Waals surface area contributed by atoms with Crippen molar-refractivity contribution in [1.29, 1.82) is 0 Å². The van der Waals surface area contributed by atoms with Crippen LogP contribution in [-0.4, -0.2) is 0 Å². The Morgan fingerprint density at radius 2 is 1.75 bits per heavy atom. The van der Waals surface area contributed by atoms with Gasteiger partial charge in [-0.2, -0.15) is 0 Å². The third-order valence-electron chi connectivity index (χ3n) is 3.70. The Morgan fingerprint density at radius 1 is 1.05 bits per heavy atom. The van der Waals surface area contributed by atoms with E-state index in [0.717, 1.165) is 16.7 Å². The Bertz CT molecular complexity index is 657. The maximum Gasteiger partial charge on any atom is 0.127 e. The quantitative estimate of drug-likeness (QED) is 0.859. The molecule has 4 heteroatoms. The molecule has 0 fully saturated rings. The third-order valence-corrected chi connectivity index (χ3v) is 3.70. The van der Waals surface area contributed by atoms with Crippen LogP contribution in [0.2, 0.25) is 0 Å². The Hall–Kier alpha value is -1.94. The van der Waals surface area contributed by atoms with E-state index in [-0.39, 0.29) is 23.8 Å². The van der Waals surface area contributed by atoms with E-state index < -0.39 is 0 Å². The van der Waals surface area contributed by atoms with Crippen LogP contribution in [0.1, 0.15) is 35.3 Å². The van der Waals surface area contributed by atoms with Crippen LogP contribution in [0, 0.1) is 18.6 Å². The van der Waals surface area contributed by atoms with Crippen molar-refractivity contribution in [2.75, 3.05) is 0 Å².